The van der Waals surface area contributed by atoms with Gasteiger partial charge in [0.25, 0.3) is 0 Å². The van der Waals surface area contributed by atoms with Crippen LogP contribution in [0.1, 0.15) is 30.0 Å². The van der Waals surface area contributed by atoms with Crippen molar-refractivity contribution in [3.8, 4) is 17.2 Å². The van der Waals surface area contributed by atoms with E-state index in [-0.39, 0.29) is 18.7 Å². The molecule has 0 aromatic heterocycles. The van der Waals surface area contributed by atoms with Crippen LogP contribution < -0.4 is 19.5 Å². The fourth-order valence-corrected chi connectivity index (χ4v) is 2.92. The minimum absolute atomic E-state index is 0.212. The zero-order valence-corrected chi connectivity index (χ0v) is 16.2. The highest BCUT2D eigenvalue weighted by molar-refractivity contribution is 5.78. The first-order valence-electron chi connectivity index (χ1n) is 8.83. The third-order valence-electron chi connectivity index (χ3n) is 4.34. The highest BCUT2D eigenvalue weighted by Crippen LogP contribution is 2.31. The molecule has 0 spiro atoms. The number of benzene rings is 2. The average molecular weight is 387 g/mol. The SMILES string of the molecule is COc1ccccc1CCC(=O)N[C@H](CC(=O)O)c1ccc(OC)c(OC)c1. The summed E-state index contributed by atoms with van der Waals surface area (Å²) >= 11 is 0. The van der Waals surface area contributed by atoms with Crippen molar-refractivity contribution < 1.29 is 28.9 Å². The fourth-order valence-electron chi connectivity index (χ4n) is 2.92. The molecular weight excluding hydrogens is 362 g/mol. The highest BCUT2D eigenvalue weighted by atomic mass is 16.5. The Morgan fingerprint density at radius 2 is 1.64 bits per heavy atom. The van der Waals surface area contributed by atoms with Crippen LogP contribution in [-0.4, -0.2) is 38.3 Å². The number of aryl methyl sites for hydroxylation is 1. The average Bonchev–Trinajstić information content (AvgIpc) is 2.71. The first-order valence-corrected chi connectivity index (χ1v) is 8.83. The van der Waals surface area contributed by atoms with Crippen LogP contribution in [0.2, 0.25) is 0 Å². The summed E-state index contributed by atoms with van der Waals surface area (Å²) in [5, 5.41) is 12.0. The van der Waals surface area contributed by atoms with Crippen molar-refractivity contribution in [2.45, 2.75) is 25.3 Å². The normalized spacial score (nSPS) is 11.4. The molecule has 0 aliphatic carbocycles. The van der Waals surface area contributed by atoms with Gasteiger partial charge in [0.15, 0.2) is 11.5 Å². The zero-order valence-electron chi connectivity index (χ0n) is 16.2. The molecule has 2 aromatic carbocycles. The van der Waals surface area contributed by atoms with Crippen LogP contribution >= 0.6 is 0 Å². The van der Waals surface area contributed by atoms with Crippen LogP contribution in [0.25, 0.3) is 0 Å². The molecule has 0 aliphatic rings. The minimum atomic E-state index is -1.01. The lowest BCUT2D eigenvalue weighted by atomic mass is 10.0. The summed E-state index contributed by atoms with van der Waals surface area (Å²) in [6.45, 7) is 0. The van der Waals surface area contributed by atoms with E-state index < -0.39 is 12.0 Å². The number of amides is 1. The van der Waals surface area contributed by atoms with Crippen LogP contribution in [0, 0.1) is 0 Å². The Morgan fingerprint density at radius 1 is 0.964 bits per heavy atom. The molecule has 2 rings (SSSR count). The lowest BCUT2D eigenvalue weighted by Crippen LogP contribution is -2.30. The summed E-state index contributed by atoms with van der Waals surface area (Å²) in [6, 6.07) is 11.9. The second-order valence-electron chi connectivity index (χ2n) is 6.14. The van der Waals surface area contributed by atoms with Crippen molar-refractivity contribution in [2.24, 2.45) is 0 Å². The van der Waals surface area contributed by atoms with Gasteiger partial charge in [0, 0.05) is 6.42 Å². The Morgan fingerprint density at radius 3 is 2.29 bits per heavy atom. The maximum absolute atomic E-state index is 12.5. The fraction of sp³-hybridized carbons (Fsp3) is 0.333. The van der Waals surface area contributed by atoms with Crippen molar-refractivity contribution >= 4 is 11.9 Å². The van der Waals surface area contributed by atoms with Gasteiger partial charge in [-0.05, 0) is 35.7 Å². The van der Waals surface area contributed by atoms with Gasteiger partial charge in [-0.25, -0.2) is 0 Å². The zero-order chi connectivity index (χ0) is 20.5. The molecule has 7 nitrogen and oxygen atoms in total. The second-order valence-corrected chi connectivity index (χ2v) is 6.14. The lowest BCUT2D eigenvalue weighted by Gasteiger charge is -2.19. The Kier molecular flexibility index (Phi) is 7.68. The Hall–Kier alpha value is -3.22. The van der Waals surface area contributed by atoms with E-state index in [1.54, 1.807) is 25.3 Å². The molecule has 2 N–H and O–H groups in total. The van der Waals surface area contributed by atoms with Crippen molar-refractivity contribution in [1.29, 1.82) is 0 Å². The number of nitrogens with one attached hydrogen (secondary N) is 1. The topological polar surface area (TPSA) is 94.1 Å². The quantitative estimate of drug-likeness (QED) is 0.651. The molecule has 1 atom stereocenters. The Balaban J connectivity index is 2.11. The number of hydrogen-bond acceptors (Lipinski definition) is 5. The van der Waals surface area contributed by atoms with Crippen LogP contribution in [0.3, 0.4) is 0 Å². The molecule has 0 fully saturated rings. The second kappa shape index (κ2) is 10.2. The molecule has 28 heavy (non-hydrogen) atoms. The molecule has 0 radical (unpaired) electrons. The maximum atomic E-state index is 12.5. The monoisotopic (exact) mass is 387 g/mol. The maximum Gasteiger partial charge on any atom is 0.305 e. The van der Waals surface area contributed by atoms with E-state index in [9.17, 15) is 14.7 Å². The third-order valence-corrected chi connectivity index (χ3v) is 4.34. The molecule has 7 heteroatoms. The van der Waals surface area contributed by atoms with Crippen molar-refractivity contribution in [3.63, 3.8) is 0 Å². The van der Waals surface area contributed by atoms with Gasteiger partial charge in [-0.2, -0.15) is 0 Å². The lowest BCUT2D eigenvalue weighted by molar-refractivity contribution is -0.137. The van der Waals surface area contributed by atoms with E-state index >= 15 is 0 Å². The number of aliphatic carboxylic acids is 1. The van der Waals surface area contributed by atoms with E-state index in [0.717, 1.165) is 11.3 Å². The van der Waals surface area contributed by atoms with E-state index in [0.29, 0.717) is 23.5 Å². The van der Waals surface area contributed by atoms with Gasteiger partial charge in [-0.3, -0.25) is 9.59 Å². The third kappa shape index (κ3) is 5.64. The molecule has 2 aromatic rings. The van der Waals surface area contributed by atoms with Gasteiger partial charge in [0.05, 0.1) is 33.8 Å². The molecular formula is C21H25NO6. The molecule has 150 valence electrons. The number of hydrogen-bond donors (Lipinski definition) is 2. The molecule has 0 aliphatic heterocycles. The van der Waals surface area contributed by atoms with Gasteiger partial charge in [-0.15, -0.1) is 0 Å². The number of carboxylic acid groups (broad SMARTS) is 1. The number of carboxylic acids is 1. The summed E-state index contributed by atoms with van der Waals surface area (Å²) in [7, 11) is 4.60. The number of rotatable bonds is 10. The van der Waals surface area contributed by atoms with Gasteiger partial charge >= 0.3 is 5.97 Å². The van der Waals surface area contributed by atoms with E-state index in [4.69, 9.17) is 14.2 Å². The predicted molar refractivity (Wildman–Crippen MR) is 104 cm³/mol. The van der Waals surface area contributed by atoms with Gasteiger partial charge in [0.1, 0.15) is 5.75 Å². The summed E-state index contributed by atoms with van der Waals surface area (Å²) < 4.78 is 15.8. The molecule has 0 saturated heterocycles. The van der Waals surface area contributed by atoms with Crippen LogP contribution in [0.15, 0.2) is 42.5 Å². The minimum Gasteiger partial charge on any atom is -0.496 e. The first-order chi connectivity index (χ1) is 13.5. The van der Waals surface area contributed by atoms with Crippen LogP contribution in [0.5, 0.6) is 17.2 Å². The largest absolute Gasteiger partial charge is 0.496 e. The number of carbonyl (C=O) groups is 2. The van der Waals surface area contributed by atoms with Crippen LogP contribution in [-0.2, 0) is 16.0 Å². The number of methoxy groups -OCH3 is 3. The number of ether oxygens (including phenoxy) is 3. The summed E-state index contributed by atoms with van der Waals surface area (Å²) in [4.78, 5) is 23.7. The molecule has 1 amide bonds. The Bertz CT molecular complexity index is 820. The van der Waals surface area contributed by atoms with Crippen molar-refractivity contribution in [2.75, 3.05) is 21.3 Å². The Labute approximate surface area is 164 Å². The summed E-state index contributed by atoms with van der Waals surface area (Å²) in [6.07, 6.45) is 0.460. The van der Waals surface area contributed by atoms with Gasteiger partial charge < -0.3 is 24.6 Å². The number of para-hydroxylation sites is 1. The first kappa shape index (κ1) is 21.1. The van der Waals surface area contributed by atoms with E-state index in [1.165, 1.54) is 14.2 Å². The van der Waals surface area contributed by atoms with Crippen LogP contribution in [0.4, 0.5) is 0 Å². The molecule has 0 unspecified atom stereocenters. The predicted octanol–water partition coefficient (Wildman–Crippen LogP) is 2.98. The van der Waals surface area contributed by atoms with E-state index in [2.05, 4.69) is 5.32 Å². The smallest absolute Gasteiger partial charge is 0.305 e. The number of carbonyl (C=O) groups excluding carboxylic acids is 1. The molecule has 0 saturated carbocycles. The molecule has 0 heterocycles. The van der Waals surface area contributed by atoms with Crippen molar-refractivity contribution in [3.05, 3.63) is 53.6 Å². The summed E-state index contributed by atoms with van der Waals surface area (Å²) in [5.41, 5.74) is 1.55. The highest BCUT2D eigenvalue weighted by Gasteiger charge is 2.20. The van der Waals surface area contributed by atoms with Gasteiger partial charge in [0.2, 0.25) is 5.91 Å². The standard InChI is InChI=1S/C21H25NO6/c1-26-17-7-5-4-6-14(17)9-11-20(23)22-16(13-21(24)25)15-8-10-18(27-2)19(12-15)28-3/h4-8,10,12,16H,9,11,13H2,1-3H3,(H,22,23)(H,24,25)/t16-/m1/s1. The van der Waals surface area contributed by atoms with Gasteiger partial charge in [-0.1, -0.05) is 24.3 Å². The summed E-state index contributed by atoms with van der Waals surface area (Å²) in [5.74, 6) is 0.468. The van der Waals surface area contributed by atoms with E-state index in [1.807, 2.05) is 24.3 Å². The molecule has 0 bridgehead atoms. The van der Waals surface area contributed by atoms with Crippen molar-refractivity contribution in [1.82, 2.24) is 5.32 Å².